The number of hydrogen-bond acceptors (Lipinski definition) is 3. The van der Waals surface area contributed by atoms with Crippen LogP contribution in [0.2, 0.25) is 0 Å². The zero-order valence-corrected chi connectivity index (χ0v) is 9.26. The lowest BCUT2D eigenvalue weighted by molar-refractivity contribution is -0.138. The van der Waals surface area contributed by atoms with Crippen LogP contribution in [0.25, 0.3) is 0 Å². The van der Waals surface area contributed by atoms with E-state index in [0.717, 1.165) is 6.07 Å². The van der Waals surface area contributed by atoms with E-state index in [1.54, 1.807) is 6.07 Å². The molecule has 1 aromatic carbocycles. The van der Waals surface area contributed by atoms with Crippen LogP contribution in [0.15, 0.2) is 12.1 Å². The number of alkyl halides is 3. The summed E-state index contributed by atoms with van der Waals surface area (Å²) < 4.78 is 47.8. The van der Waals surface area contributed by atoms with Gasteiger partial charge in [0.25, 0.3) is 0 Å². The van der Waals surface area contributed by atoms with Gasteiger partial charge in [-0.2, -0.15) is 18.4 Å². The van der Waals surface area contributed by atoms with Crippen molar-refractivity contribution < 1.29 is 22.6 Å². The fraction of sp³-hybridized carbons (Fsp3) is 0.364. The third kappa shape index (κ3) is 2.81. The third-order valence-corrected chi connectivity index (χ3v) is 2.18. The molecule has 0 heterocycles. The van der Waals surface area contributed by atoms with Gasteiger partial charge in [-0.05, 0) is 17.7 Å². The highest BCUT2D eigenvalue weighted by Gasteiger charge is 2.34. The Morgan fingerprint density at radius 3 is 2.12 bits per heavy atom. The molecular formula is C11H10F3NO2. The molecule has 0 fully saturated rings. The van der Waals surface area contributed by atoms with E-state index in [4.69, 9.17) is 14.7 Å². The zero-order chi connectivity index (χ0) is 13.1. The number of nitrogens with zero attached hydrogens (tertiary/aromatic N) is 1. The lowest BCUT2D eigenvalue weighted by Crippen LogP contribution is -2.10. The van der Waals surface area contributed by atoms with Crippen molar-refractivity contribution in [3.8, 4) is 17.6 Å². The standard InChI is InChI=1S/C11H10F3NO2/c1-16-9-5-7(3-4-15)8(11(12,13)14)6-10(9)17-2/h5-6H,3H2,1-2H3. The fourth-order valence-corrected chi connectivity index (χ4v) is 1.42. The summed E-state index contributed by atoms with van der Waals surface area (Å²) in [6, 6.07) is 3.70. The van der Waals surface area contributed by atoms with Gasteiger partial charge < -0.3 is 9.47 Å². The van der Waals surface area contributed by atoms with Gasteiger partial charge in [0.1, 0.15) is 0 Å². The lowest BCUT2D eigenvalue weighted by Gasteiger charge is -2.15. The van der Waals surface area contributed by atoms with E-state index in [-0.39, 0.29) is 23.5 Å². The van der Waals surface area contributed by atoms with E-state index in [0.29, 0.717) is 0 Å². The highest BCUT2D eigenvalue weighted by Crippen LogP contribution is 2.39. The first-order valence-corrected chi connectivity index (χ1v) is 4.63. The van der Waals surface area contributed by atoms with Crippen LogP contribution in [-0.4, -0.2) is 14.2 Å². The molecule has 0 aliphatic heterocycles. The Hall–Kier alpha value is -1.90. The van der Waals surface area contributed by atoms with E-state index in [9.17, 15) is 13.2 Å². The van der Waals surface area contributed by atoms with E-state index < -0.39 is 11.7 Å². The SMILES string of the molecule is COc1cc(CC#N)c(C(F)(F)F)cc1OC. The summed E-state index contributed by atoms with van der Waals surface area (Å²) in [6.45, 7) is 0. The quantitative estimate of drug-likeness (QED) is 0.822. The van der Waals surface area contributed by atoms with Gasteiger partial charge >= 0.3 is 6.18 Å². The molecule has 1 aromatic rings. The average Bonchev–Trinajstić information content (AvgIpc) is 2.27. The van der Waals surface area contributed by atoms with E-state index in [1.165, 1.54) is 20.3 Å². The molecule has 6 heteroatoms. The maximum atomic E-state index is 12.7. The normalized spacial score (nSPS) is 10.8. The van der Waals surface area contributed by atoms with Crippen LogP contribution in [0.4, 0.5) is 13.2 Å². The topological polar surface area (TPSA) is 42.2 Å². The number of methoxy groups -OCH3 is 2. The molecule has 0 radical (unpaired) electrons. The van der Waals surface area contributed by atoms with Crippen molar-refractivity contribution in [3.63, 3.8) is 0 Å². The van der Waals surface area contributed by atoms with Gasteiger partial charge in [-0.1, -0.05) is 0 Å². The van der Waals surface area contributed by atoms with Crippen LogP contribution in [-0.2, 0) is 12.6 Å². The van der Waals surface area contributed by atoms with Crippen molar-refractivity contribution in [2.45, 2.75) is 12.6 Å². The van der Waals surface area contributed by atoms with Crippen molar-refractivity contribution in [3.05, 3.63) is 23.3 Å². The number of hydrogen-bond donors (Lipinski definition) is 0. The first kappa shape index (κ1) is 13.2. The highest BCUT2D eigenvalue weighted by molar-refractivity contribution is 5.49. The largest absolute Gasteiger partial charge is 0.493 e. The van der Waals surface area contributed by atoms with Gasteiger partial charge in [-0.25, -0.2) is 0 Å². The lowest BCUT2D eigenvalue weighted by atomic mass is 10.0. The van der Waals surface area contributed by atoms with Crippen LogP contribution in [0, 0.1) is 11.3 Å². The Bertz CT molecular complexity index is 449. The molecule has 0 unspecified atom stereocenters. The van der Waals surface area contributed by atoms with Gasteiger partial charge in [-0.15, -0.1) is 0 Å². The molecule has 0 atom stereocenters. The molecule has 0 bridgehead atoms. The first-order valence-electron chi connectivity index (χ1n) is 4.63. The predicted octanol–water partition coefficient (Wildman–Crippen LogP) is 2.79. The summed E-state index contributed by atoms with van der Waals surface area (Å²) in [5, 5.41) is 8.51. The van der Waals surface area contributed by atoms with E-state index in [1.807, 2.05) is 0 Å². The molecule has 92 valence electrons. The molecule has 17 heavy (non-hydrogen) atoms. The molecule has 1 rings (SSSR count). The summed E-state index contributed by atoms with van der Waals surface area (Å²) in [5.41, 5.74) is -1.01. The summed E-state index contributed by atoms with van der Waals surface area (Å²) >= 11 is 0. The second-order valence-electron chi connectivity index (χ2n) is 3.20. The fourth-order valence-electron chi connectivity index (χ4n) is 1.42. The van der Waals surface area contributed by atoms with Crippen molar-refractivity contribution in [1.82, 2.24) is 0 Å². The number of halogens is 3. The van der Waals surface area contributed by atoms with E-state index >= 15 is 0 Å². The minimum absolute atomic E-state index is 0.0125. The number of benzene rings is 1. The van der Waals surface area contributed by atoms with Crippen molar-refractivity contribution >= 4 is 0 Å². The number of nitriles is 1. The Morgan fingerprint density at radius 2 is 1.71 bits per heavy atom. The van der Waals surface area contributed by atoms with Crippen LogP contribution < -0.4 is 9.47 Å². The molecular weight excluding hydrogens is 235 g/mol. The maximum absolute atomic E-state index is 12.7. The molecule has 0 N–H and O–H groups in total. The van der Waals surface area contributed by atoms with Crippen LogP contribution in [0.3, 0.4) is 0 Å². The van der Waals surface area contributed by atoms with Gasteiger partial charge in [0.2, 0.25) is 0 Å². The third-order valence-electron chi connectivity index (χ3n) is 2.18. The number of ether oxygens (including phenoxy) is 2. The zero-order valence-electron chi connectivity index (χ0n) is 9.26. The molecule has 3 nitrogen and oxygen atoms in total. The number of rotatable bonds is 3. The first-order chi connectivity index (χ1) is 7.93. The molecule has 0 saturated carbocycles. The summed E-state index contributed by atoms with van der Waals surface area (Å²) in [7, 11) is 2.57. The van der Waals surface area contributed by atoms with Gasteiger partial charge in [0.15, 0.2) is 11.5 Å². The second-order valence-corrected chi connectivity index (χ2v) is 3.20. The summed E-state index contributed by atoms with van der Waals surface area (Å²) in [5.74, 6) is 0.160. The Kier molecular flexibility index (Phi) is 3.84. The van der Waals surface area contributed by atoms with Crippen molar-refractivity contribution in [2.75, 3.05) is 14.2 Å². The average molecular weight is 245 g/mol. The van der Waals surface area contributed by atoms with Gasteiger partial charge in [0.05, 0.1) is 32.3 Å². The van der Waals surface area contributed by atoms with Gasteiger partial charge in [-0.3, -0.25) is 0 Å². The Labute approximate surface area is 96.4 Å². The molecule has 0 aliphatic carbocycles. The Balaban J connectivity index is 3.41. The monoisotopic (exact) mass is 245 g/mol. The van der Waals surface area contributed by atoms with E-state index in [2.05, 4.69) is 0 Å². The molecule has 0 spiro atoms. The summed E-state index contributed by atoms with van der Waals surface area (Å²) in [4.78, 5) is 0. The smallest absolute Gasteiger partial charge is 0.416 e. The van der Waals surface area contributed by atoms with Gasteiger partial charge in [0, 0.05) is 0 Å². The van der Waals surface area contributed by atoms with Crippen LogP contribution >= 0.6 is 0 Å². The summed E-state index contributed by atoms with van der Waals surface area (Å²) in [6.07, 6.45) is -4.86. The molecule has 0 amide bonds. The molecule has 0 aliphatic rings. The minimum Gasteiger partial charge on any atom is -0.493 e. The molecule has 0 saturated heterocycles. The van der Waals surface area contributed by atoms with Crippen molar-refractivity contribution in [2.24, 2.45) is 0 Å². The maximum Gasteiger partial charge on any atom is 0.416 e. The second kappa shape index (κ2) is 4.95. The van der Waals surface area contributed by atoms with Crippen LogP contribution in [0.5, 0.6) is 11.5 Å². The Morgan fingerprint density at radius 1 is 1.18 bits per heavy atom. The van der Waals surface area contributed by atoms with Crippen LogP contribution in [0.1, 0.15) is 11.1 Å². The highest BCUT2D eigenvalue weighted by atomic mass is 19.4. The predicted molar refractivity (Wildman–Crippen MR) is 53.9 cm³/mol. The molecule has 0 aromatic heterocycles. The minimum atomic E-state index is -4.52. The van der Waals surface area contributed by atoms with Crippen molar-refractivity contribution in [1.29, 1.82) is 5.26 Å².